The van der Waals surface area contributed by atoms with Crippen LogP contribution in [0.25, 0.3) is 0 Å². The minimum atomic E-state index is -0.184. The lowest BCUT2D eigenvalue weighted by atomic mass is 15.8. The van der Waals surface area contributed by atoms with Gasteiger partial charge in [-0.1, -0.05) is 0 Å². The van der Waals surface area contributed by atoms with Crippen LogP contribution in [0.3, 0.4) is 0 Å². The Bertz CT molecular complexity index is 8.00. The molecule has 0 aliphatic carbocycles. The lowest BCUT2D eigenvalue weighted by Gasteiger charge is -1.72. The predicted molar refractivity (Wildman–Crippen MR) is 24.0 cm³/mol. The maximum absolute atomic E-state index is 5.08. The maximum Gasteiger partial charge on any atom is 0.292 e. The average molecular weight is 112 g/mol. The minimum Gasteiger partial charge on any atom is -0.455 e. The molecule has 0 heterocycles. The summed E-state index contributed by atoms with van der Waals surface area (Å²) in [5.41, 5.74) is 0. The number of hydrogen-bond acceptors (Lipinski definition) is 1. The standard InChI is InChI=1S/ClH4OSi2/c1-4-2-3/h4H,3H3. The first-order chi connectivity index (χ1) is 1.91. The second-order valence-corrected chi connectivity index (χ2v) is 2.92. The van der Waals surface area contributed by atoms with Crippen LogP contribution >= 0.6 is 11.1 Å². The second kappa shape index (κ2) is 3.68. The van der Waals surface area contributed by atoms with Crippen LogP contribution in [0.1, 0.15) is 0 Å². The molecular weight excluding hydrogens is 108 g/mol. The molecule has 0 amide bonds. The maximum atomic E-state index is 5.08. The Kier molecular flexibility index (Phi) is 4.31. The molecule has 0 aromatic rings. The van der Waals surface area contributed by atoms with Gasteiger partial charge in [0.1, 0.15) is 10.5 Å². The van der Waals surface area contributed by atoms with Gasteiger partial charge < -0.3 is 4.12 Å². The highest BCUT2D eigenvalue weighted by molar-refractivity contribution is 6.91. The molecule has 0 unspecified atom stereocenters. The van der Waals surface area contributed by atoms with Crippen molar-refractivity contribution < 1.29 is 4.12 Å². The van der Waals surface area contributed by atoms with Crippen molar-refractivity contribution >= 4 is 30.6 Å². The third-order valence-corrected chi connectivity index (χ3v) is 2.41. The molecule has 0 aromatic carbocycles. The van der Waals surface area contributed by atoms with Crippen LogP contribution in [-0.2, 0) is 4.12 Å². The van der Waals surface area contributed by atoms with E-state index in [2.05, 4.69) is 4.12 Å². The van der Waals surface area contributed by atoms with Gasteiger partial charge >= 0.3 is 0 Å². The van der Waals surface area contributed by atoms with Gasteiger partial charge in [0.25, 0.3) is 9.07 Å². The summed E-state index contributed by atoms with van der Waals surface area (Å²) in [5.74, 6) is 0. The molecule has 0 rings (SSSR count). The minimum absolute atomic E-state index is 0.184. The molecule has 0 fully saturated rings. The normalized spacial score (nSPS) is 8.25. The van der Waals surface area contributed by atoms with Crippen LogP contribution in [0, 0.1) is 0 Å². The Morgan fingerprint density at radius 2 is 2.25 bits per heavy atom. The van der Waals surface area contributed by atoms with Gasteiger partial charge in [-0.3, -0.25) is 0 Å². The molecule has 0 saturated heterocycles. The Morgan fingerprint density at radius 3 is 2.25 bits per heavy atom. The van der Waals surface area contributed by atoms with E-state index in [9.17, 15) is 0 Å². The van der Waals surface area contributed by atoms with E-state index < -0.39 is 0 Å². The van der Waals surface area contributed by atoms with Gasteiger partial charge in [0.2, 0.25) is 0 Å². The van der Waals surface area contributed by atoms with Gasteiger partial charge in [-0.2, -0.15) is 0 Å². The van der Waals surface area contributed by atoms with Crippen LogP contribution < -0.4 is 0 Å². The first-order valence-electron chi connectivity index (χ1n) is 0.862. The number of halogens is 1. The number of hydrogen-bond donors (Lipinski definition) is 0. The zero-order valence-electron chi connectivity index (χ0n) is 2.36. The highest BCUT2D eigenvalue weighted by Gasteiger charge is 1.60. The largest absolute Gasteiger partial charge is 0.455 e. The van der Waals surface area contributed by atoms with E-state index in [4.69, 9.17) is 11.1 Å². The van der Waals surface area contributed by atoms with Crippen molar-refractivity contribution in [1.82, 2.24) is 0 Å². The molecule has 0 aromatic heterocycles. The predicted octanol–water partition coefficient (Wildman–Crippen LogP) is -1.21. The zero-order valence-corrected chi connectivity index (χ0v) is 6.27. The Hall–Kier alpha value is 0.684. The Labute approximate surface area is 35.5 Å². The molecule has 0 atom stereocenters. The molecule has 1 nitrogen and oxygen atoms in total. The molecule has 1 radical (unpaired) electrons. The summed E-state index contributed by atoms with van der Waals surface area (Å²) in [6.45, 7) is 0. The molecule has 0 bridgehead atoms. The average Bonchev–Trinajstić information content (AvgIpc) is 1.37. The first kappa shape index (κ1) is 4.68. The summed E-state index contributed by atoms with van der Waals surface area (Å²) < 4.78 is 4.53. The van der Waals surface area contributed by atoms with E-state index in [0.717, 1.165) is 10.5 Å². The van der Waals surface area contributed by atoms with Gasteiger partial charge in [-0.25, -0.2) is 0 Å². The smallest absolute Gasteiger partial charge is 0.292 e. The third-order valence-electron chi connectivity index (χ3n) is 0.0891. The Morgan fingerprint density at radius 1 is 2.00 bits per heavy atom. The molecule has 4 heteroatoms. The molecule has 0 saturated carbocycles. The van der Waals surface area contributed by atoms with Gasteiger partial charge in [0, 0.05) is 0 Å². The van der Waals surface area contributed by atoms with E-state index >= 15 is 0 Å². The van der Waals surface area contributed by atoms with Crippen molar-refractivity contribution in [2.45, 2.75) is 0 Å². The highest BCUT2D eigenvalue weighted by Crippen LogP contribution is 1.59. The summed E-state index contributed by atoms with van der Waals surface area (Å²) in [5, 5.41) is 0. The van der Waals surface area contributed by atoms with Crippen LogP contribution in [-0.4, -0.2) is 19.6 Å². The topological polar surface area (TPSA) is 9.23 Å². The van der Waals surface area contributed by atoms with Crippen molar-refractivity contribution in [3.05, 3.63) is 0 Å². The molecule has 0 aliphatic heterocycles. The first-order valence-corrected chi connectivity index (χ1v) is 3.90. The SMILES string of the molecule is [SiH3]O[SiH]Cl. The Balaban J connectivity index is 1.97. The highest BCUT2D eigenvalue weighted by atomic mass is 35.6. The van der Waals surface area contributed by atoms with Gasteiger partial charge in [-0.05, 0) is 0 Å². The van der Waals surface area contributed by atoms with E-state index in [1.165, 1.54) is 0 Å². The summed E-state index contributed by atoms with van der Waals surface area (Å²) in [6, 6.07) is 0. The van der Waals surface area contributed by atoms with Crippen molar-refractivity contribution in [2.75, 3.05) is 0 Å². The summed E-state index contributed by atoms with van der Waals surface area (Å²) in [4.78, 5) is 0. The van der Waals surface area contributed by atoms with Crippen LogP contribution in [0.15, 0.2) is 0 Å². The molecular formula is H4ClOSi2. The molecule has 0 N–H and O–H groups in total. The fourth-order valence-electron chi connectivity index (χ4n) is 0. The quantitative estimate of drug-likeness (QED) is 0.305. The van der Waals surface area contributed by atoms with Gasteiger partial charge in [0.15, 0.2) is 0 Å². The van der Waals surface area contributed by atoms with E-state index in [1.54, 1.807) is 0 Å². The van der Waals surface area contributed by atoms with Crippen molar-refractivity contribution in [3.8, 4) is 0 Å². The summed E-state index contributed by atoms with van der Waals surface area (Å²) in [7, 11) is 0.611. The summed E-state index contributed by atoms with van der Waals surface area (Å²) in [6.07, 6.45) is 0. The van der Waals surface area contributed by atoms with E-state index in [0.29, 0.717) is 0 Å². The second-order valence-electron chi connectivity index (χ2n) is 0.325. The molecule has 0 spiro atoms. The number of rotatable bonds is 1. The van der Waals surface area contributed by atoms with Crippen LogP contribution in [0.2, 0.25) is 0 Å². The van der Waals surface area contributed by atoms with Gasteiger partial charge in [-0.15, -0.1) is 11.1 Å². The van der Waals surface area contributed by atoms with E-state index in [-0.39, 0.29) is 9.07 Å². The van der Waals surface area contributed by atoms with Crippen molar-refractivity contribution in [3.63, 3.8) is 0 Å². The van der Waals surface area contributed by atoms with Gasteiger partial charge in [0.05, 0.1) is 0 Å². The van der Waals surface area contributed by atoms with Crippen molar-refractivity contribution in [1.29, 1.82) is 0 Å². The third kappa shape index (κ3) is 2.68. The van der Waals surface area contributed by atoms with Crippen LogP contribution in [0.5, 0.6) is 0 Å². The zero-order chi connectivity index (χ0) is 3.41. The molecule has 0 aliphatic rings. The van der Waals surface area contributed by atoms with Crippen LogP contribution in [0.4, 0.5) is 0 Å². The fourth-order valence-corrected chi connectivity index (χ4v) is 0. The lowest BCUT2D eigenvalue weighted by molar-refractivity contribution is 0.683. The monoisotopic (exact) mass is 111 g/mol. The fraction of sp³-hybridized carbons (Fsp3) is 0. The lowest BCUT2D eigenvalue weighted by Crippen LogP contribution is -1.78. The molecule has 4 heavy (non-hydrogen) atoms. The van der Waals surface area contributed by atoms with E-state index in [1.807, 2.05) is 0 Å². The molecule has 25 valence electrons. The summed E-state index contributed by atoms with van der Waals surface area (Å²) >= 11 is 5.08. The van der Waals surface area contributed by atoms with Crippen molar-refractivity contribution in [2.24, 2.45) is 0 Å².